The average Bonchev–Trinajstić information content (AvgIpc) is 3.13. The third kappa shape index (κ3) is 6.37. The number of anilines is 1. The van der Waals surface area contributed by atoms with Crippen molar-refractivity contribution in [2.45, 2.75) is 31.0 Å². The van der Waals surface area contributed by atoms with Crippen LogP contribution in [-0.2, 0) is 23.7 Å². The standard InChI is InChI=1S/C21H17F6N5OS/c1-12(2)10-32-18(13-3-5-28-6-4-13)30-31-19(32)34-11-17(33)29-16-8-14(20(22,23)24)7-15(9-16)21(25,26)27/h3-9H,1,10-11H2,2H3,(H,29,33). The van der Waals surface area contributed by atoms with Gasteiger partial charge in [0.15, 0.2) is 11.0 Å². The maximum absolute atomic E-state index is 13.0. The molecule has 34 heavy (non-hydrogen) atoms. The van der Waals surface area contributed by atoms with E-state index >= 15 is 0 Å². The van der Waals surface area contributed by atoms with Crippen LogP contribution in [0, 0.1) is 0 Å². The number of benzene rings is 1. The average molecular weight is 501 g/mol. The molecule has 0 saturated carbocycles. The Bertz CT molecular complexity index is 1160. The Labute approximate surface area is 194 Å². The number of alkyl halides is 6. The Hall–Kier alpha value is -3.35. The number of nitrogens with one attached hydrogen (secondary N) is 1. The number of hydrogen-bond acceptors (Lipinski definition) is 5. The molecular weight excluding hydrogens is 484 g/mol. The van der Waals surface area contributed by atoms with E-state index in [0.717, 1.165) is 17.3 Å². The molecule has 6 nitrogen and oxygen atoms in total. The second-order valence-corrected chi connectivity index (χ2v) is 8.16. The van der Waals surface area contributed by atoms with Crippen molar-refractivity contribution in [2.75, 3.05) is 11.1 Å². The fourth-order valence-corrected chi connectivity index (χ4v) is 3.61. The monoisotopic (exact) mass is 501 g/mol. The lowest BCUT2D eigenvalue weighted by molar-refractivity contribution is -0.143. The number of carbonyl (C=O) groups is 1. The summed E-state index contributed by atoms with van der Waals surface area (Å²) < 4.78 is 79.8. The van der Waals surface area contributed by atoms with Gasteiger partial charge in [-0.25, -0.2) is 0 Å². The molecule has 0 atom stereocenters. The summed E-state index contributed by atoms with van der Waals surface area (Å²) >= 11 is 0.928. The highest BCUT2D eigenvalue weighted by atomic mass is 32.2. The van der Waals surface area contributed by atoms with Gasteiger partial charge in [-0.15, -0.1) is 10.2 Å². The summed E-state index contributed by atoms with van der Waals surface area (Å²) in [5.41, 5.74) is -2.18. The van der Waals surface area contributed by atoms with Crippen molar-refractivity contribution >= 4 is 23.4 Å². The molecule has 0 fully saturated rings. The molecule has 1 aromatic carbocycles. The van der Waals surface area contributed by atoms with Crippen molar-refractivity contribution in [3.63, 3.8) is 0 Å². The van der Waals surface area contributed by atoms with Gasteiger partial charge in [-0.1, -0.05) is 23.9 Å². The van der Waals surface area contributed by atoms with Crippen LogP contribution in [0.15, 0.2) is 60.0 Å². The first-order chi connectivity index (χ1) is 15.8. The number of rotatable bonds is 7. The summed E-state index contributed by atoms with van der Waals surface area (Å²) in [5.74, 6) is -0.656. The summed E-state index contributed by atoms with van der Waals surface area (Å²) in [6.45, 7) is 5.96. The van der Waals surface area contributed by atoms with Crippen molar-refractivity contribution in [1.29, 1.82) is 0 Å². The molecular formula is C21H17F6N5OS. The fourth-order valence-electron chi connectivity index (χ4n) is 2.88. The number of allylic oxidation sites excluding steroid dienone is 1. The van der Waals surface area contributed by atoms with E-state index in [1.165, 1.54) is 0 Å². The molecule has 3 aromatic rings. The quantitative estimate of drug-likeness (QED) is 0.256. The molecule has 1 N–H and O–H groups in total. The van der Waals surface area contributed by atoms with Crippen LogP contribution < -0.4 is 5.32 Å². The van der Waals surface area contributed by atoms with E-state index in [1.54, 1.807) is 36.0 Å². The number of hydrogen-bond donors (Lipinski definition) is 1. The summed E-state index contributed by atoms with van der Waals surface area (Å²) in [7, 11) is 0. The van der Waals surface area contributed by atoms with Gasteiger partial charge in [-0.3, -0.25) is 14.3 Å². The molecule has 0 radical (unpaired) electrons. The largest absolute Gasteiger partial charge is 0.416 e. The SMILES string of the molecule is C=C(C)Cn1c(SCC(=O)Nc2cc(C(F)(F)F)cc(C(F)(F)F)c2)nnc1-c1ccncc1. The van der Waals surface area contributed by atoms with Crippen molar-refractivity contribution < 1.29 is 31.1 Å². The lowest BCUT2D eigenvalue weighted by atomic mass is 10.1. The zero-order chi connectivity index (χ0) is 25.1. The van der Waals surface area contributed by atoms with E-state index in [-0.39, 0.29) is 11.8 Å². The molecule has 0 aliphatic carbocycles. The normalized spacial score (nSPS) is 12.0. The molecule has 0 unspecified atom stereocenters. The predicted molar refractivity (Wildman–Crippen MR) is 114 cm³/mol. The minimum absolute atomic E-state index is 0.00880. The first kappa shape index (κ1) is 25.3. The van der Waals surface area contributed by atoms with Gasteiger partial charge in [-0.2, -0.15) is 26.3 Å². The third-order valence-corrected chi connectivity index (χ3v) is 5.25. The third-order valence-electron chi connectivity index (χ3n) is 4.29. The lowest BCUT2D eigenvalue weighted by Gasteiger charge is -2.15. The van der Waals surface area contributed by atoms with Crippen molar-refractivity contribution in [1.82, 2.24) is 19.7 Å². The van der Waals surface area contributed by atoms with E-state index < -0.39 is 35.1 Å². The van der Waals surface area contributed by atoms with Crippen molar-refractivity contribution in [3.05, 3.63) is 66.0 Å². The fraction of sp³-hybridized carbons (Fsp3) is 0.238. The van der Waals surface area contributed by atoms with Gasteiger partial charge in [0.1, 0.15) is 0 Å². The molecule has 0 aliphatic rings. The first-order valence-electron chi connectivity index (χ1n) is 9.54. The molecule has 0 aliphatic heterocycles. The Morgan fingerprint density at radius 1 is 1.03 bits per heavy atom. The van der Waals surface area contributed by atoms with E-state index in [9.17, 15) is 31.1 Å². The highest BCUT2D eigenvalue weighted by Crippen LogP contribution is 2.37. The molecule has 3 rings (SSSR count). The highest BCUT2D eigenvalue weighted by Gasteiger charge is 2.37. The van der Waals surface area contributed by atoms with Gasteiger partial charge in [-0.05, 0) is 37.3 Å². The summed E-state index contributed by atoms with van der Waals surface area (Å²) in [6.07, 6.45) is -6.89. The Morgan fingerprint density at radius 3 is 2.15 bits per heavy atom. The molecule has 0 bridgehead atoms. The van der Waals surface area contributed by atoms with Crippen LogP contribution in [0.2, 0.25) is 0 Å². The van der Waals surface area contributed by atoms with Gasteiger partial charge in [0, 0.05) is 30.2 Å². The van der Waals surface area contributed by atoms with Gasteiger partial charge in [0.2, 0.25) is 5.91 Å². The maximum Gasteiger partial charge on any atom is 0.416 e. The van der Waals surface area contributed by atoms with Crippen molar-refractivity contribution in [2.24, 2.45) is 0 Å². The van der Waals surface area contributed by atoms with E-state index in [1.807, 2.05) is 0 Å². The highest BCUT2D eigenvalue weighted by molar-refractivity contribution is 7.99. The molecule has 2 heterocycles. The van der Waals surface area contributed by atoms with Crippen LogP contribution in [0.5, 0.6) is 0 Å². The molecule has 180 valence electrons. The van der Waals surface area contributed by atoms with Crippen LogP contribution in [-0.4, -0.2) is 31.4 Å². The van der Waals surface area contributed by atoms with E-state index in [0.29, 0.717) is 35.2 Å². The second kappa shape index (κ2) is 9.87. The van der Waals surface area contributed by atoms with Gasteiger partial charge in [0.25, 0.3) is 0 Å². The minimum atomic E-state index is -5.02. The summed E-state index contributed by atoms with van der Waals surface area (Å²) in [5, 5.41) is 10.6. The molecule has 0 saturated heterocycles. The van der Waals surface area contributed by atoms with Crippen LogP contribution in [0.3, 0.4) is 0 Å². The zero-order valence-electron chi connectivity index (χ0n) is 17.5. The topological polar surface area (TPSA) is 72.7 Å². The number of nitrogens with zero attached hydrogens (tertiary/aromatic N) is 4. The second-order valence-electron chi connectivity index (χ2n) is 7.22. The van der Waals surface area contributed by atoms with Crippen LogP contribution in [0.4, 0.5) is 32.0 Å². The molecule has 0 spiro atoms. The summed E-state index contributed by atoms with van der Waals surface area (Å²) in [6, 6.07) is 4.31. The molecule has 1 amide bonds. The van der Waals surface area contributed by atoms with Crippen molar-refractivity contribution in [3.8, 4) is 11.4 Å². The number of aromatic nitrogens is 4. The number of carbonyl (C=O) groups excluding carboxylic acids is 1. The van der Waals surface area contributed by atoms with E-state index in [4.69, 9.17) is 0 Å². The number of halogens is 6. The van der Waals surface area contributed by atoms with Gasteiger partial charge < -0.3 is 5.32 Å². The van der Waals surface area contributed by atoms with Gasteiger partial charge >= 0.3 is 12.4 Å². The van der Waals surface area contributed by atoms with Crippen LogP contribution in [0.25, 0.3) is 11.4 Å². The Kier molecular flexibility index (Phi) is 7.34. The molecule has 2 aromatic heterocycles. The maximum atomic E-state index is 13.0. The predicted octanol–water partition coefficient (Wildman–Crippen LogP) is 5.68. The minimum Gasteiger partial charge on any atom is -0.325 e. The number of amides is 1. The summed E-state index contributed by atoms with van der Waals surface area (Å²) in [4.78, 5) is 16.3. The lowest BCUT2D eigenvalue weighted by Crippen LogP contribution is -2.17. The zero-order valence-corrected chi connectivity index (χ0v) is 18.4. The van der Waals surface area contributed by atoms with E-state index in [2.05, 4.69) is 27.1 Å². The first-order valence-corrected chi connectivity index (χ1v) is 10.5. The number of pyridine rings is 1. The smallest absolute Gasteiger partial charge is 0.325 e. The Balaban J connectivity index is 1.79. The Morgan fingerprint density at radius 2 is 1.62 bits per heavy atom. The van der Waals surface area contributed by atoms with Crippen LogP contribution in [0.1, 0.15) is 18.1 Å². The van der Waals surface area contributed by atoms with Gasteiger partial charge in [0.05, 0.1) is 16.9 Å². The molecule has 13 heteroatoms. The van der Waals surface area contributed by atoms with Crippen LogP contribution >= 0.6 is 11.8 Å². The number of thioether (sulfide) groups is 1.